The number of carbonyl (C=O) groups is 1. The average molecular weight is 375 g/mol. The maximum Gasteiger partial charge on any atom is 0.407 e. The van der Waals surface area contributed by atoms with Crippen LogP contribution in [0.25, 0.3) is 11.3 Å². The fraction of sp³-hybridized carbons (Fsp3) is 0.238. The van der Waals surface area contributed by atoms with Crippen molar-refractivity contribution in [2.75, 3.05) is 18.4 Å². The van der Waals surface area contributed by atoms with E-state index in [4.69, 9.17) is 9.97 Å². The molecule has 7 nitrogen and oxygen atoms in total. The van der Waals surface area contributed by atoms with E-state index in [9.17, 15) is 9.90 Å². The smallest absolute Gasteiger partial charge is 0.407 e. The SMILES string of the molecule is O=C(O)N1CCCC(c2nc(Nc3ccccc3)cc(-c3ccncc3)n2)C1. The second-order valence-corrected chi connectivity index (χ2v) is 6.79. The van der Waals surface area contributed by atoms with Crippen LogP contribution >= 0.6 is 0 Å². The van der Waals surface area contributed by atoms with Crippen LogP contribution in [0, 0.1) is 0 Å². The maximum absolute atomic E-state index is 11.4. The third kappa shape index (κ3) is 4.09. The molecule has 28 heavy (non-hydrogen) atoms. The minimum atomic E-state index is -0.891. The number of nitrogens with one attached hydrogen (secondary N) is 1. The zero-order valence-electron chi connectivity index (χ0n) is 15.3. The molecule has 0 bridgehead atoms. The van der Waals surface area contributed by atoms with Crippen molar-refractivity contribution in [2.24, 2.45) is 0 Å². The molecule has 1 aliphatic heterocycles. The molecule has 3 aromatic rings. The zero-order valence-corrected chi connectivity index (χ0v) is 15.3. The number of amides is 1. The van der Waals surface area contributed by atoms with Crippen LogP contribution in [0.15, 0.2) is 60.9 Å². The molecule has 0 saturated carbocycles. The Hall–Kier alpha value is -3.48. The summed E-state index contributed by atoms with van der Waals surface area (Å²) in [5.41, 5.74) is 2.67. The normalized spacial score (nSPS) is 16.6. The minimum absolute atomic E-state index is 0.0250. The van der Waals surface area contributed by atoms with Gasteiger partial charge in [-0.15, -0.1) is 0 Å². The summed E-state index contributed by atoms with van der Waals surface area (Å²) in [5.74, 6) is 1.33. The van der Waals surface area contributed by atoms with Crippen molar-refractivity contribution < 1.29 is 9.90 Å². The molecule has 1 aromatic carbocycles. The van der Waals surface area contributed by atoms with Crippen LogP contribution < -0.4 is 5.32 Å². The largest absolute Gasteiger partial charge is 0.465 e. The van der Waals surface area contributed by atoms with Crippen molar-refractivity contribution in [3.63, 3.8) is 0 Å². The number of benzene rings is 1. The summed E-state index contributed by atoms with van der Waals surface area (Å²) in [6.45, 7) is 0.977. The van der Waals surface area contributed by atoms with Gasteiger partial charge in [0.05, 0.1) is 5.69 Å². The lowest BCUT2D eigenvalue weighted by molar-refractivity contribution is 0.129. The van der Waals surface area contributed by atoms with E-state index in [1.165, 1.54) is 4.90 Å². The fourth-order valence-corrected chi connectivity index (χ4v) is 3.41. The topological polar surface area (TPSA) is 91.2 Å². The molecule has 1 amide bonds. The van der Waals surface area contributed by atoms with Crippen molar-refractivity contribution in [2.45, 2.75) is 18.8 Å². The third-order valence-electron chi connectivity index (χ3n) is 4.82. The molecule has 1 fully saturated rings. The van der Waals surface area contributed by atoms with Crippen LogP contribution in [0.1, 0.15) is 24.6 Å². The summed E-state index contributed by atoms with van der Waals surface area (Å²) in [6.07, 6.45) is 4.25. The van der Waals surface area contributed by atoms with Crippen LogP contribution in [-0.2, 0) is 0 Å². The monoisotopic (exact) mass is 375 g/mol. The Morgan fingerprint density at radius 1 is 1.11 bits per heavy atom. The number of nitrogens with zero attached hydrogens (tertiary/aromatic N) is 4. The Morgan fingerprint density at radius 2 is 1.89 bits per heavy atom. The van der Waals surface area contributed by atoms with Crippen LogP contribution in [0.4, 0.5) is 16.3 Å². The predicted octanol–water partition coefficient (Wildman–Crippen LogP) is 4.14. The first-order valence-corrected chi connectivity index (χ1v) is 9.28. The first-order chi connectivity index (χ1) is 13.7. The Morgan fingerprint density at radius 3 is 2.64 bits per heavy atom. The van der Waals surface area contributed by atoms with E-state index in [2.05, 4.69) is 10.3 Å². The number of pyridine rings is 1. The summed E-state index contributed by atoms with van der Waals surface area (Å²) in [4.78, 5) is 26.4. The standard InChI is InChI=1S/C21H21N5O2/c27-21(28)26-12-4-5-16(14-26)20-24-18(15-8-10-22-11-9-15)13-19(25-20)23-17-6-2-1-3-7-17/h1-3,6-11,13,16H,4-5,12,14H2,(H,27,28)(H,23,24,25). The number of carboxylic acid groups (broad SMARTS) is 1. The summed E-state index contributed by atoms with van der Waals surface area (Å²) < 4.78 is 0. The van der Waals surface area contributed by atoms with Crippen molar-refractivity contribution in [3.05, 3.63) is 66.7 Å². The van der Waals surface area contributed by atoms with E-state index in [0.29, 0.717) is 24.7 Å². The molecule has 142 valence electrons. The zero-order chi connectivity index (χ0) is 19.3. The fourth-order valence-electron chi connectivity index (χ4n) is 3.41. The molecular formula is C21H21N5O2. The number of likely N-dealkylation sites (tertiary alicyclic amines) is 1. The highest BCUT2D eigenvalue weighted by atomic mass is 16.4. The number of hydrogen-bond donors (Lipinski definition) is 2. The van der Waals surface area contributed by atoms with Gasteiger partial charge >= 0.3 is 6.09 Å². The Labute approximate surface area is 163 Å². The second kappa shape index (κ2) is 8.04. The van der Waals surface area contributed by atoms with Gasteiger partial charge in [0, 0.05) is 48.7 Å². The molecule has 7 heteroatoms. The minimum Gasteiger partial charge on any atom is -0.465 e. The molecule has 2 N–H and O–H groups in total. The first kappa shape index (κ1) is 17.9. The molecule has 3 heterocycles. The Kier molecular flexibility index (Phi) is 5.14. The molecule has 1 unspecified atom stereocenters. The first-order valence-electron chi connectivity index (χ1n) is 9.28. The van der Waals surface area contributed by atoms with Gasteiger partial charge < -0.3 is 15.3 Å². The Bertz CT molecular complexity index is 950. The van der Waals surface area contributed by atoms with Crippen LogP contribution in [-0.4, -0.2) is 44.1 Å². The number of rotatable bonds is 4. The molecule has 0 radical (unpaired) electrons. The van der Waals surface area contributed by atoms with Crippen molar-refractivity contribution >= 4 is 17.6 Å². The van der Waals surface area contributed by atoms with E-state index in [1.807, 2.05) is 48.5 Å². The summed E-state index contributed by atoms with van der Waals surface area (Å²) in [5, 5.41) is 12.7. The van der Waals surface area contributed by atoms with Crippen LogP contribution in [0.3, 0.4) is 0 Å². The van der Waals surface area contributed by atoms with Gasteiger partial charge in [0.1, 0.15) is 11.6 Å². The molecule has 0 spiro atoms. The average Bonchev–Trinajstić information content (AvgIpc) is 2.75. The maximum atomic E-state index is 11.4. The predicted molar refractivity (Wildman–Crippen MR) is 107 cm³/mol. The molecule has 4 rings (SSSR count). The molecule has 1 atom stereocenters. The summed E-state index contributed by atoms with van der Waals surface area (Å²) >= 11 is 0. The Balaban J connectivity index is 1.70. The van der Waals surface area contributed by atoms with Crippen molar-refractivity contribution in [3.8, 4) is 11.3 Å². The van der Waals surface area contributed by atoms with Gasteiger partial charge in [-0.3, -0.25) is 4.98 Å². The number of aromatic nitrogens is 3. The molecule has 1 aliphatic rings. The van der Waals surface area contributed by atoms with Gasteiger partial charge in [-0.05, 0) is 37.1 Å². The lowest BCUT2D eigenvalue weighted by Crippen LogP contribution is -2.38. The number of piperidine rings is 1. The van der Waals surface area contributed by atoms with E-state index >= 15 is 0 Å². The highest BCUT2D eigenvalue weighted by Crippen LogP contribution is 2.29. The quantitative estimate of drug-likeness (QED) is 0.712. The van der Waals surface area contributed by atoms with E-state index in [-0.39, 0.29) is 5.92 Å². The van der Waals surface area contributed by atoms with Gasteiger partial charge in [-0.1, -0.05) is 18.2 Å². The van der Waals surface area contributed by atoms with Gasteiger partial charge in [-0.25, -0.2) is 14.8 Å². The van der Waals surface area contributed by atoms with Crippen molar-refractivity contribution in [1.82, 2.24) is 19.9 Å². The molecule has 2 aromatic heterocycles. The van der Waals surface area contributed by atoms with Crippen molar-refractivity contribution in [1.29, 1.82) is 0 Å². The molecule has 1 saturated heterocycles. The lowest BCUT2D eigenvalue weighted by Gasteiger charge is -2.30. The van der Waals surface area contributed by atoms with Crippen LogP contribution in [0.5, 0.6) is 0 Å². The molecule has 0 aliphatic carbocycles. The molecular weight excluding hydrogens is 354 g/mol. The summed E-state index contributed by atoms with van der Waals surface area (Å²) in [7, 11) is 0. The lowest BCUT2D eigenvalue weighted by atomic mass is 9.97. The highest BCUT2D eigenvalue weighted by Gasteiger charge is 2.27. The highest BCUT2D eigenvalue weighted by molar-refractivity contribution is 5.66. The third-order valence-corrected chi connectivity index (χ3v) is 4.82. The number of anilines is 2. The number of hydrogen-bond acceptors (Lipinski definition) is 5. The van der Waals surface area contributed by atoms with Gasteiger partial charge in [0.25, 0.3) is 0 Å². The van der Waals surface area contributed by atoms with Gasteiger partial charge in [-0.2, -0.15) is 0 Å². The van der Waals surface area contributed by atoms with Gasteiger partial charge in [0.2, 0.25) is 0 Å². The van der Waals surface area contributed by atoms with Crippen LogP contribution in [0.2, 0.25) is 0 Å². The summed E-state index contributed by atoms with van der Waals surface area (Å²) in [6, 6.07) is 15.5. The van der Waals surface area contributed by atoms with Gasteiger partial charge in [0.15, 0.2) is 0 Å². The number of para-hydroxylation sites is 1. The van der Waals surface area contributed by atoms with E-state index < -0.39 is 6.09 Å². The second-order valence-electron chi connectivity index (χ2n) is 6.79. The van der Waals surface area contributed by atoms with E-state index in [0.717, 1.165) is 29.8 Å². The van der Waals surface area contributed by atoms with E-state index in [1.54, 1.807) is 12.4 Å².